The second kappa shape index (κ2) is 5.61. The lowest BCUT2D eigenvalue weighted by Gasteiger charge is -2.05. The molecule has 0 aliphatic heterocycles. The molecule has 0 unspecified atom stereocenters. The molecule has 0 saturated heterocycles. The van der Waals surface area contributed by atoms with Gasteiger partial charge in [0.2, 0.25) is 0 Å². The third kappa shape index (κ3) is 3.28. The van der Waals surface area contributed by atoms with Gasteiger partial charge in [-0.25, -0.2) is 4.98 Å². The third-order valence-corrected chi connectivity index (χ3v) is 2.33. The second-order valence-corrected chi connectivity index (χ2v) is 3.58. The number of rotatable bonds is 4. The summed E-state index contributed by atoms with van der Waals surface area (Å²) in [5, 5.41) is 11.9. The first-order chi connectivity index (χ1) is 8.38. The minimum absolute atomic E-state index is 0.615. The molecule has 84 valence electrons. The maximum atomic E-state index is 8.75. The van der Waals surface area contributed by atoms with Crippen LogP contribution in [0, 0.1) is 11.3 Å². The van der Waals surface area contributed by atoms with Crippen LogP contribution in [-0.4, -0.2) is 16.5 Å². The molecule has 2 heterocycles. The molecular formula is C13H12N4. The van der Waals surface area contributed by atoms with Crippen molar-refractivity contribution >= 4 is 5.82 Å². The van der Waals surface area contributed by atoms with Crippen molar-refractivity contribution in [2.45, 2.75) is 6.42 Å². The zero-order valence-electron chi connectivity index (χ0n) is 9.30. The van der Waals surface area contributed by atoms with Crippen LogP contribution >= 0.6 is 0 Å². The van der Waals surface area contributed by atoms with Gasteiger partial charge in [-0.05, 0) is 30.2 Å². The highest BCUT2D eigenvalue weighted by Gasteiger charge is 1.96. The summed E-state index contributed by atoms with van der Waals surface area (Å²) in [5.74, 6) is 0.730. The van der Waals surface area contributed by atoms with Gasteiger partial charge in [0.25, 0.3) is 0 Å². The number of anilines is 1. The predicted molar refractivity (Wildman–Crippen MR) is 65.4 cm³/mol. The summed E-state index contributed by atoms with van der Waals surface area (Å²) >= 11 is 0. The molecule has 17 heavy (non-hydrogen) atoms. The summed E-state index contributed by atoms with van der Waals surface area (Å²) in [7, 11) is 0. The van der Waals surface area contributed by atoms with Gasteiger partial charge in [-0.2, -0.15) is 5.26 Å². The minimum Gasteiger partial charge on any atom is -0.370 e. The molecule has 0 atom stereocenters. The maximum Gasteiger partial charge on any atom is 0.127 e. The fourth-order valence-corrected chi connectivity index (χ4v) is 1.48. The van der Waals surface area contributed by atoms with Crippen LogP contribution in [0.5, 0.6) is 0 Å². The Bertz CT molecular complexity index is 516. The van der Waals surface area contributed by atoms with E-state index in [1.165, 1.54) is 5.56 Å². The molecule has 1 N–H and O–H groups in total. The van der Waals surface area contributed by atoms with Crippen LogP contribution in [0.3, 0.4) is 0 Å². The van der Waals surface area contributed by atoms with Gasteiger partial charge in [0.1, 0.15) is 5.82 Å². The molecule has 0 fully saturated rings. The van der Waals surface area contributed by atoms with Crippen molar-refractivity contribution in [2.24, 2.45) is 0 Å². The molecular weight excluding hydrogens is 212 g/mol. The summed E-state index contributed by atoms with van der Waals surface area (Å²) in [6.45, 7) is 0.771. The van der Waals surface area contributed by atoms with Crippen LogP contribution in [0.4, 0.5) is 5.82 Å². The average Bonchev–Trinajstić information content (AvgIpc) is 2.40. The molecule has 4 heteroatoms. The highest BCUT2D eigenvalue weighted by Crippen LogP contribution is 2.05. The normalized spacial score (nSPS) is 9.59. The quantitative estimate of drug-likeness (QED) is 0.862. The zero-order chi connectivity index (χ0) is 11.9. The lowest BCUT2D eigenvalue weighted by molar-refractivity contribution is 0.993. The molecule has 0 aromatic carbocycles. The van der Waals surface area contributed by atoms with Gasteiger partial charge in [0, 0.05) is 25.1 Å². The Morgan fingerprint density at radius 3 is 3.00 bits per heavy atom. The Kier molecular flexibility index (Phi) is 3.66. The van der Waals surface area contributed by atoms with Crippen molar-refractivity contribution in [2.75, 3.05) is 11.9 Å². The molecule has 0 aliphatic carbocycles. The molecule has 0 bridgehead atoms. The monoisotopic (exact) mass is 224 g/mol. The van der Waals surface area contributed by atoms with E-state index in [-0.39, 0.29) is 0 Å². The van der Waals surface area contributed by atoms with Gasteiger partial charge in [-0.1, -0.05) is 6.07 Å². The largest absolute Gasteiger partial charge is 0.370 e. The van der Waals surface area contributed by atoms with Gasteiger partial charge in [-0.15, -0.1) is 0 Å². The average molecular weight is 224 g/mol. The topological polar surface area (TPSA) is 61.6 Å². The van der Waals surface area contributed by atoms with Crippen LogP contribution in [-0.2, 0) is 6.42 Å². The molecule has 0 aliphatic rings. The highest BCUT2D eigenvalue weighted by atomic mass is 15.0. The van der Waals surface area contributed by atoms with Crippen molar-refractivity contribution < 1.29 is 0 Å². The third-order valence-electron chi connectivity index (χ3n) is 2.33. The van der Waals surface area contributed by atoms with Crippen molar-refractivity contribution in [3.8, 4) is 6.07 Å². The SMILES string of the molecule is N#Cc1ccnc(NCCc2cccnc2)c1. The van der Waals surface area contributed by atoms with E-state index >= 15 is 0 Å². The van der Waals surface area contributed by atoms with Crippen molar-refractivity contribution in [3.63, 3.8) is 0 Å². The van der Waals surface area contributed by atoms with Gasteiger partial charge in [0.05, 0.1) is 11.6 Å². The second-order valence-electron chi connectivity index (χ2n) is 3.58. The number of nitriles is 1. The number of pyridine rings is 2. The Hall–Kier alpha value is -2.41. The van der Waals surface area contributed by atoms with E-state index in [1.807, 2.05) is 18.3 Å². The van der Waals surface area contributed by atoms with E-state index in [2.05, 4.69) is 21.4 Å². The first kappa shape index (κ1) is 11.1. The fourth-order valence-electron chi connectivity index (χ4n) is 1.48. The molecule has 2 aromatic heterocycles. The van der Waals surface area contributed by atoms with Gasteiger partial charge in [-0.3, -0.25) is 4.98 Å². The Labute approximate surface area is 100.0 Å². The smallest absolute Gasteiger partial charge is 0.127 e. The summed E-state index contributed by atoms with van der Waals surface area (Å²) in [6.07, 6.45) is 6.12. The summed E-state index contributed by atoms with van der Waals surface area (Å²) in [6, 6.07) is 9.47. The molecule has 0 radical (unpaired) electrons. The van der Waals surface area contributed by atoms with E-state index < -0.39 is 0 Å². The Balaban J connectivity index is 1.88. The summed E-state index contributed by atoms with van der Waals surface area (Å²) in [4.78, 5) is 8.19. The molecule has 2 aromatic rings. The van der Waals surface area contributed by atoms with E-state index in [1.54, 1.807) is 24.5 Å². The van der Waals surface area contributed by atoms with Crippen molar-refractivity contribution in [1.29, 1.82) is 5.26 Å². The summed E-state index contributed by atoms with van der Waals surface area (Å²) in [5.41, 5.74) is 1.79. The van der Waals surface area contributed by atoms with Crippen molar-refractivity contribution in [1.82, 2.24) is 9.97 Å². The number of hydrogen-bond donors (Lipinski definition) is 1. The van der Waals surface area contributed by atoms with Crippen LogP contribution in [0.25, 0.3) is 0 Å². The first-order valence-corrected chi connectivity index (χ1v) is 5.37. The van der Waals surface area contributed by atoms with Crippen LogP contribution in [0.1, 0.15) is 11.1 Å². The van der Waals surface area contributed by atoms with E-state index in [4.69, 9.17) is 5.26 Å². The number of nitrogens with one attached hydrogen (secondary N) is 1. The maximum absolute atomic E-state index is 8.75. The van der Waals surface area contributed by atoms with Crippen molar-refractivity contribution in [3.05, 3.63) is 54.0 Å². The van der Waals surface area contributed by atoms with Crippen LogP contribution in [0.2, 0.25) is 0 Å². The lowest BCUT2D eigenvalue weighted by Crippen LogP contribution is -2.06. The number of hydrogen-bond acceptors (Lipinski definition) is 4. The van der Waals surface area contributed by atoms with Gasteiger partial charge in [0.15, 0.2) is 0 Å². The van der Waals surface area contributed by atoms with Crippen LogP contribution in [0.15, 0.2) is 42.9 Å². The standard InChI is InChI=1S/C13H12N4/c14-9-12-4-7-17-13(8-12)16-6-3-11-2-1-5-15-10-11/h1-2,4-5,7-8,10H,3,6H2,(H,16,17). The fraction of sp³-hybridized carbons (Fsp3) is 0.154. The Morgan fingerprint density at radius 1 is 1.29 bits per heavy atom. The molecule has 0 spiro atoms. The molecule has 0 amide bonds. The first-order valence-electron chi connectivity index (χ1n) is 5.37. The molecule has 2 rings (SSSR count). The number of aromatic nitrogens is 2. The van der Waals surface area contributed by atoms with E-state index in [0.717, 1.165) is 18.8 Å². The number of nitrogens with zero attached hydrogens (tertiary/aromatic N) is 3. The van der Waals surface area contributed by atoms with E-state index in [9.17, 15) is 0 Å². The van der Waals surface area contributed by atoms with Gasteiger partial charge < -0.3 is 5.32 Å². The highest BCUT2D eigenvalue weighted by molar-refractivity contribution is 5.42. The lowest BCUT2D eigenvalue weighted by atomic mass is 10.2. The minimum atomic E-state index is 0.615. The molecule has 4 nitrogen and oxygen atoms in total. The van der Waals surface area contributed by atoms with Crippen LogP contribution < -0.4 is 5.32 Å². The van der Waals surface area contributed by atoms with E-state index in [0.29, 0.717) is 5.56 Å². The predicted octanol–water partition coefficient (Wildman–Crippen LogP) is 2.00. The zero-order valence-corrected chi connectivity index (χ0v) is 9.30. The Morgan fingerprint density at radius 2 is 2.24 bits per heavy atom. The van der Waals surface area contributed by atoms with Gasteiger partial charge >= 0.3 is 0 Å². The molecule has 0 saturated carbocycles. The summed E-state index contributed by atoms with van der Waals surface area (Å²) < 4.78 is 0.